The fourth-order valence-corrected chi connectivity index (χ4v) is 5.57. The summed E-state index contributed by atoms with van der Waals surface area (Å²) in [6.45, 7) is 1.30. The van der Waals surface area contributed by atoms with E-state index in [2.05, 4.69) is 9.97 Å². The van der Waals surface area contributed by atoms with Crippen molar-refractivity contribution >= 4 is 45.5 Å². The van der Waals surface area contributed by atoms with Gasteiger partial charge in [0.05, 0.1) is 16.8 Å². The van der Waals surface area contributed by atoms with Crippen LogP contribution in [0.5, 0.6) is 0 Å². The number of likely N-dealkylation sites (tertiary alicyclic amines) is 1. The number of hydrogen-bond acceptors (Lipinski definition) is 6. The summed E-state index contributed by atoms with van der Waals surface area (Å²) < 4.78 is 1.97. The van der Waals surface area contributed by atoms with Crippen LogP contribution in [0.4, 0.5) is 5.82 Å². The molecule has 1 saturated heterocycles. The second-order valence-corrected chi connectivity index (χ2v) is 9.46. The van der Waals surface area contributed by atoms with Gasteiger partial charge >= 0.3 is 5.97 Å². The van der Waals surface area contributed by atoms with Crippen molar-refractivity contribution in [2.24, 2.45) is 0 Å². The summed E-state index contributed by atoms with van der Waals surface area (Å²) in [6.07, 6.45) is 5.07. The van der Waals surface area contributed by atoms with Crippen LogP contribution in [0.2, 0.25) is 0 Å². The first-order valence-corrected chi connectivity index (χ1v) is 12.2. The SMILES string of the molecule is Nc1nccn2c(C3CCN(C(=O)c4ccsc4)CC3)nc(-c3cc4c(C(=O)O)cccc4[nH]3)c12. The fraction of sp³-hybridized carbons (Fsp3) is 0.200. The van der Waals surface area contributed by atoms with E-state index in [-0.39, 0.29) is 17.4 Å². The van der Waals surface area contributed by atoms with E-state index in [1.54, 1.807) is 24.4 Å². The molecule has 6 rings (SSSR count). The molecule has 0 atom stereocenters. The van der Waals surface area contributed by atoms with Gasteiger partial charge in [-0.05, 0) is 42.5 Å². The maximum absolute atomic E-state index is 12.8. The zero-order chi connectivity index (χ0) is 24.1. The molecule has 9 nitrogen and oxygen atoms in total. The zero-order valence-electron chi connectivity index (χ0n) is 18.6. The van der Waals surface area contributed by atoms with Crippen molar-refractivity contribution in [3.8, 4) is 11.4 Å². The van der Waals surface area contributed by atoms with Gasteiger partial charge in [-0.25, -0.2) is 14.8 Å². The topological polar surface area (TPSA) is 130 Å². The highest BCUT2D eigenvalue weighted by Gasteiger charge is 2.29. The summed E-state index contributed by atoms with van der Waals surface area (Å²) in [6, 6.07) is 8.80. The molecule has 35 heavy (non-hydrogen) atoms. The number of benzene rings is 1. The molecule has 4 N–H and O–H groups in total. The van der Waals surface area contributed by atoms with Crippen LogP contribution < -0.4 is 5.73 Å². The number of carboxylic acid groups (broad SMARTS) is 1. The van der Waals surface area contributed by atoms with Crippen LogP contribution in [0.15, 0.2) is 53.5 Å². The van der Waals surface area contributed by atoms with Gasteiger partial charge in [-0.15, -0.1) is 0 Å². The number of piperidine rings is 1. The van der Waals surface area contributed by atoms with Gasteiger partial charge in [0.1, 0.15) is 22.9 Å². The lowest BCUT2D eigenvalue weighted by atomic mass is 9.95. The van der Waals surface area contributed by atoms with Crippen LogP contribution in [-0.4, -0.2) is 54.3 Å². The van der Waals surface area contributed by atoms with E-state index in [0.717, 1.165) is 24.2 Å². The number of H-pyrrole nitrogens is 1. The smallest absolute Gasteiger partial charge is 0.336 e. The molecule has 0 unspecified atom stereocenters. The summed E-state index contributed by atoms with van der Waals surface area (Å²) in [5, 5.41) is 14.0. The lowest BCUT2D eigenvalue weighted by molar-refractivity contribution is 0.0694. The maximum Gasteiger partial charge on any atom is 0.336 e. The van der Waals surface area contributed by atoms with Crippen molar-refractivity contribution in [1.82, 2.24) is 24.3 Å². The Balaban J connectivity index is 1.37. The van der Waals surface area contributed by atoms with Gasteiger partial charge in [-0.1, -0.05) is 6.07 Å². The molecule has 0 aliphatic carbocycles. The van der Waals surface area contributed by atoms with Gasteiger partial charge < -0.3 is 20.7 Å². The molecule has 5 heterocycles. The van der Waals surface area contributed by atoms with E-state index in [1.807, 2.05) is 38.4 Å². The predicted octanol–water partition coefficient (Wildman–Crippen LogP) is 4.24. The van der Waals surface area contributed by atoms with Crippen LogP contribution in [0.1, 0.15) is 45.3 Å². The summed E-state index contributed by atoms with van der Waals surface area (Å²) in [7, 11) is 0. The minimum Gasteiger partial charge on any atom is -0.478 e. The number of nitrogens with two attached hydrogens (primary N) is 1. The van der Waals surface area contributed by atoms with Crippen molar-refractivity contribution < 1.29 is 14.7 Å². The number of fused-ring (bicyclic) bond motifs is 2. The highest BCUT2D eigenvalue weighted by atomic mass is 32.1. The first-order valence-electron chi connectivity index (χ1n) is 11.3. The van der Waals surface area contributed by atoms with Gasteiger partial charge in [0, 0.05) is 47.7 Å². The molecule has 1 amide bonds. The number of aromatic amines is 1. The van der Waals surface area contributed by atoms with Crippen molar-refractivity contribution in [2.75, 3.05) is 18.8 Å². The van der Waals surface area contributed by atoms with E-state index >= 15 is 0 Å². The molecule has 4 aromatic heterocycles. The molecule has 1 aliphatic heterocycles. The minimum absolute atomic E-state index is 0.0686. The Hall–Kier alpha value is -4.18. The Labute approximate surface area is 203 Å². The fourth-order valence-electron chi connectivity index (χ4n) is 4.94. The molecule has 0 saturated carbocycles. The number of carbonyl (C=O) groups excluding carboxylic acids is 1. The number of rotatable bonds is 4. The van der Waals surface area contributed by atoms with Gasteiger partial charge in [-0.2, -0.15) is 11.3 Å². The number of amides is 1. The number of thiophene rings is 1. The second-order valence-electron chi connectivity index (χ2n) is 8.68. The van der Waals surface area contributed by atoms with Crippen LogP contribution in [-0.2, 0) is 0 Å². The number of hydrogen-bond donors (Lipinski definition) is 3. The maximum atomic E-state index is 12.8. The third-order valence-electron chi connectivity index (χ3n) is 6.68. The Morgan fingerprint density at radius 1 is 1.20 bits per heavy atom. The quantitative estimate of drug-likeness (QED) is 0.348. The Morgan fingerprint density at radius 3 is 2.77 bits per heavy atom. The van der Waals surface area contributed by atoms with E-state index in [9.17, 15) is 14.7 Å². The number of anilines is 1. The van der Waals surface area contributed by atoms with Crippen LogP contribution in [0.3, 0.4) is 0 Å². The molecule has 0 radical (unpaired) electrons. The molecule has 176 valence electrons. The van der Waals surface area contributed by atoms with E-state index in [1.165, 1.54) is 11.3 Å². The zero-order valence-corrected chi connectivity index (χ0v) is 19.5. The predicted molar refractivity (Wildman–Crippen MR) is 134 cm³/mol. The number of carbonyl (C=O) groups is 2. The molecule has 1 fully saturated rings. The number of nitrogen functional groups attached to an aromatic ring is 1. The van der Waals surface area contributed by atoms with Gasteiger partial charge in [-0.3, -0.25) is 9.20 Å². The Bertz CT molecular complexity index is 1580. The number of nitrogens with one attached hydrogen (secondary N) is 1. The lowest BCUT2D eigenvalue weighted by Crippen LogP contribution is -2.38. The summed E-state index contributed by atoms with van der Waals surface area (Å²) >= 11 is 1.52. The molecule has 0 spiro atoms. The largest absolute Gasteiger partial charge is 0.478 e. The van der Waals surface area contributed by atoms with E-state index in [0.29, 0.717) is 46.7 Å². The average Bonchev–Trinajstić information content (AvgIpc) is 3.62. The van der Waals surface area contributed by atoms with Crippen molar-refractivity contribution in [3.63, 3.8) is 0 Å². The summed E-state index contributed by atoms with van der Waals surface area (Å²) in [4.78, 5) is 38.9. The number of nitrogens with zero attached hydrogens (tertiary/aromatic N) is 4. The molecule has 1 aromatic carbocycles. The average molecular weight is 487 g/mol. The monoisotopic (exact) mass is 486 g/mol. The van der Waals surface area contributed by atoms with E-state index < -0.39 is 5.97 Å². The number of aromatic nitrogens is 4. The molecule has 0 bridgehead atoms. The molecular formula is C25H22N6O3S. The van der Waals surface area contributed by atoms with Gasteiger partial charge in [0.2, 0.25) is 0 Å². The molecule has 1 aliphatic rings. The first-order chi connectivity index (χ1) is 17.0. The van der Waals surface area contributed by atoms with Crippen molar-refractivity contribution in [3.05, 3.63) is 70.4 Å². The molecule has 5 aromatic rings. The van der Waals surface area contributed by atoms with Gasteiger partial charge in [0.15, 0.2) is 0 Å². The normalized spacial score (nSPS) is 14.7. The number of imidazole rings is 1. The van der Waals surface area contributed by atoms with Crippen molar-refractivity contribution in [2.45, 2.75) is 18.8 Å². The summed E-state index contributed by atoms with van der Waals surface area (Å²) in [5.74, 6) is 0.441. The first kappa shape index (κ1) is 21.4. The summed E-state index contributed by atoms with van der Waals surface area (Å²) in [5.41, 5.74) is 9.97. The molecular weight excluding hydrogens is 464 g/mol. The minimum atomic E-state index is -0.985. The van der Waals surface area contributed by atoms with Crippen LogP contribution in [0.25, 0.3) is 27.8 Å². The van der Waals surface area contributed by atoms with E-state index in [4.69, 9.17) is 10.7 Å². The third kappa shape index (κ3) is 3.53. The Morgan fingerprint density at radius 2 is 2.03 bits per heavy atom. The second kappa shape index (κ2) is 8.24. The van der Waals surface area contributed by atoms with Crippen LogP contribution >= 0.6 is 11.3 Å². The standard InChI is InChI=1S/C25H22N6O3S/c26-22-21-20(19-12-17-16(25(33)34)2-1-3-18(17)28-19)29-23(31(21)10-7-27-22)14-4-8-30(9-5-14)24(32)15-6-11-35-13-15/h1-3,6-7,10-14,28H,4-5,8-9H2,(H2,26,27)(H,33,34). The lowest BCUT2D eigenvalue weighted by Gasteiger charge is -2.31. The third-order valence-corrected chi connectivity index (χ3v) is 7.36. The number of carboxylic acids is 1. The highest BCUT2D eigenvalue weighted by Crippen LogP contribution is 2.36. The van der Waals surface area contributed by atoms with Crippen LogP contribution in [0, 0.1) is 0 Å². The molecule has 10 heteroatoms. The highest BCUT2D eigenvalue weighted by molar-refractivity contribution is 7.08. The van der Waals surface area contributed by atoms with Gasteiger partial charge in [0.25, 0.3) is 5.91 Å². The van der Waals surface area contributed by atoms with Crippen molar-refractivity contribution in [1.29, 1.82) is 0 Å². The number of aromatic carboxylic acids is 1. The Kier molecular flexibility index (Phi) is 5.03.